The van der Waals surface area contributed by atoms with E-state index in [9.17, 15) is 9.59 Å². The average molecular weight is 448 g/mol. The third kappa shape index (κ3) is 6.10. The van der Waals surface area contributed by atoms with E-state index in [4.69, 9.17) is 16.1 Å². The molecular formula is C24H34ClN3O3. The molecule has 31 heavy (non-hydrogen) atoms. The van der Waals surface area contributed by atoms with Crippen LogP contribution in [0.3, 0.4) is 0 Å². The number of halogens is 1. The number of nitrogens with one attached hydrogen (secondary N) is 1. The van der Waals surface area contributed by atoms with Crippen molar-refractivity contribution in [1.82, 2.24) is 15.4 Å². The van der Waals surface area contributed by atoms with E-state index in [0.717, 1.165) is 23.2 Å². The maximum atomic E-state index is 13.3. The zero-order valence-electron chi connectivity index (χ0n) is 19.4. The number of hydrogen-bond acceptors (Lipinski definition) is 4. The maximum Gasteiger partial charge on any atom is 0.243 e. The van der Waals surface area contributed by atoms with Crippen LogP contribution in [-0.2, 0) is 16.1 Å². The molecule has 1 saturated heterocycles. The summed E-state index contributed by atoms with van der Waals surface area (Å²) in [6.07, 6.45) is 1.47. The van der Waals surface area contributed by atoms with Gasteiger partial charge in [0, 0.05) is 24.2 Å². The number of aryl methyl sites for hydroxylation is 2. The molecule has 6 nitrogen and oxygen atoms in total. The highest BCUT2D eigenvalue weighted by Crippen LogP contribution is 2.31. The van der Waals surface area contributed by atoms with Crippen molar-refractivity contribution in [2.24, 2.45) is 5.92 Å². The highest BCUT2D eigenvalue weighted by molar-refractivity contribution is 6.30. The largest absolute Gasteiger partial charge is 0.360 e. The van der Waals surface area contributed by atoms with Crippen LogP contribution in [0.15, 0.2) is 28.8 Å². The highest BCUT2D eigenvalue weighted by Gasteiger charge is 2.39. The number of nitrogens with zero attached hydrogens (tertiary/aromatic N) is 2. The van der Waals surface area contributed by atoms with Crippen LogP contribution in [0.1, 0.15) is 69.0 Å². The third-order valence-electron chi connectivity index (χ3n) is 5.48. The molecule has 0 aliphatic carbocycles. The summed E-state index contributed by atoms with van der Waals surface area (Å²) >= 11 is 6.00. The van der Waals surface area contributed by atoms with Gasteiger partial charge in [0.25, 0.3) is 0 Å². The lowest BCUT2D eigenvalue weighted by Gasteiger charge is -2.29. The van der Waals surface area contributed by atoms with Crippen molar-refractivity contribution < 1.29 is 14.1 Å². The quantitative estimate of drug-likeness (QED) is 0.674. The minimum atomic E-state index is -0.458. The van der Waals surface area contributed by atoms with E-state index in [1.807, 2.05) is 59.7 Å². The summed E-state index contributed by atoms with van der Waals surface area (Å²) < 4.78 is 5.38. The molecule has 2 atom stereocenters. The Labute approximate surface area is 190 Å². The number of carbonyl (C=O) groups is 2. The van der Waals surface area contributed by atoms with Crippen molar-refractivity contribution >= 4 is 23.4 Å². The molecule has 1 aromatic heterocycles. The van der Waals surface area contributed by atoms with E-state index >= 15 is 0 Å². The second-order valence-corrected chi connectivity index (χ2v) is 8.51. The van der Waals surface area contributed by atoms with Crippen LogP contribution in [0.4, 0.5) is 0 Å². The Morgan fingerprint density at radius 2 is 1.97 bits per heavy atom. The zero-order valence-corrected chi connectivity index (χ0v) is 20.1. The molecule has 7 heteroatoms. The predicted molar refractivity (Wildman–Crippen MR) is 123 cm³/mol. The van der Waals surface area contributed by atoms with Gasteiger partial charge < -0.3 is 14.7 Å². The summed E-state index contributed by atoms with van der Waals surface area (Å²) in [5, 5.41) is 7.59. The number of benzene rings is 1. The van der Waals surface area contributed by atoms with Gasteiger partial charge in [-0.3, -0.25) is 9.59 Å². The minimum absolute atomic E-state index is 0.0379. The molecular weight excluding hydrogens is 414 g/mol. The van der Waals surface area contributed by atoms with E-state index in [1.54, 1.807) is 11.0 Å². The average Bonchev–Trinajstić information content (AvgIpc) is 3.38. The monoisotopic (exact) mass is 447 g/mol. The summed E-state index contributed by atoms with van der Waals surface area (Å²) in [6.45, 7) is 12.7. The molecule has 0 bridgehead atoms. The van der Waals surface area contributed by atoms with E-state index in [-0.39, 0.29) is 17.7 Å². The van der Waals surface area contributed by atoms with E-state index in [2.05, 4.69) is 10.5 Å². The summed E-state index contributed by atoms with van der Waals surface area (Å²) in [4.78, 5) is 27.9. The molecule has 1 fully saturated rings. The number of aromatic nitrogens is 1. The predicted octanol–water partition coefficient (Wildman–Crippen LogP) is 5.02. The number of carbonyl (C=O) groups excluding carboxylic acids is 2. The molecule has 0 saturated carbocycles. The second kappa shape index (κ2) is 11.3. The van der Waals surface area contributed by atoms with Gasteiger partial charge in [-0.1, -0.05) is 50.5 Å². The fourth-order valence-corrected chi connectivity index (χ4v) is 4.13. The first-order valence-electron chi connectivity index (χ1n) is 11.0. The van der Waals surface area contributed by atoms with Gasteiger partial charge in [0.1, 0.15) is 17.7 Å². The molecule has 1 aliphatic rings. The van der Waals surface area contributed by atoms with Crippen molar-refractivity contribution in [3.63, 3.8) is 0 Å². The Hall–Kier alpha value is -2.34. The van der Waals surface area contributed by atoms with Crippen LogP contribution in [0.25, 0.3) is 0 Å². The highest BCUT2D eigenvalue weighted by atomic mass is 35.5. The molecule has 3 rings (SSSR count). The van der Waals surface area contributed by atoms with E-state index in [0.29, 0.717) is 30.3 Å². The van der Waals surface area contributed by atoms with Gasteiger partial charge in [-0.05, 0) is 55.9 Å². The Morgan fingerprint density at radius 3 is 2.55 bits per heavy atom. The molecule has 1 aromatic carbocycles. The van der Waals surface area contributed by atoms with Crippen LogP contribution in [-0.4, -0.2) is 34.5 Å². The van der Waals surface area contributed by atoms with Gasteiger partial charge in [0.2, 0.25) is 11.8 Å². The van der Waals surface area contributed by atoms with Crippen LogP contribution < -0.4 is 5.32 Å². The standard InChI is InChI=1S/C22H28ClN3O3.C2H6/c1-13(2)20(19-11-15(4)25-29-19)22(28)26-9-5-6-18(26)21(27)24-12-16-7-8-17(23)10-14(16)3;1-2/h7-8,10-11,13,18,20H,5-6,9,12H2,1-4H3,(H,24,27);1-2H3. The second-order valence-electron chi connectivity index (χ2n) is 8.07. The molecule has 2 aromatic rings. The van der Waals surface area contributed by atoms with Crippen LogP contribution in [0.5, 0.6) is 0 Å². The first-order chi connectivity index (χ1) is 14.8. The normalized spacial score (nSPS) is 16.6. The maximum absolute atomic E-state index is 13.3. The summed E-state index contributed by atoms with van der Waals surface area (Å²) in [5.74, 6) is -0.0396. The van der Waals surface area contributed by atoms with Gasteiger partial charge in [-0.25, -0.2) is 0 Å². The summed E-state index contributed by atoms with van der Waals surface area (Å²) in [6, 6.07) is 6.95. The number of amides is 2. The SMILES string of the molecule is CC.Cc1cc(C(C(=O)N2CCCC2C(=O)NCc2ccc(Cl)cc2C)C(C)C)on1. The van der Waals surface area contributed by atoms with Crippen LogP contribution >= 0.6 is 11.6 Å². The third-order valence-corrected chi connectivity index (χ3v) is 5.72. The first kappa shape index (κ1) is 24.9. The van der Waals surface area contributed by atoms with Gasteiger partial charge in [-0.2, -0.15) is 0 Å². The molecule has 0 radical (unpaired) electrons. The zero-order chi connectivity index (χ0) is 23.1. The fourth-order valence-electron chi connectivity index (χ4n) is 3.90. The molecule has 1 aliphatic heterocycles. The minimum Gasteiger partial charge on any atom is -0.360 e. The van der Waals surface area contributed by atoms with Crippen molar-refractivity contribution in [2.75, 3.05) is 6.54 Å². The van der Waals surface area contributed by atoms with Crippen molar-refractivity contribution in [1.29, 1.82) is 0 Å². The first-order valence-corrected chi connectivity index (χ1v) is 11.4. The van der Waals surface area contributed by atoms with Gasteiger partial charge in [0.05, 0.1) is 5.69 Å². The van der Waals surface area contributed by atoms with Gasteiger partial charge >= 0.3 is 0 Å². The van der Waals surface area contributed by atoms with Crippen LogP contribution in [0, 0.1) is 19.8 Å². The smallest absolute Gasteiger partial charge is 0.243 e. The summed E-state index contributed by atoms with van der Waals surface area (Å²) in [7, 11) is 0. The summed E-state index contributed by atoms with van der Waals surface area (Å²) in [5.41, 5.74) is 2.78. The van der Waals surface area contributed by atoms with E-state index < -0.39 is 12.0 Å². The molecule has 2 amide bonds. The van der Waals surface area contributed by atoms with Gasteiger partial charge in [-0.15, -0.1) is 0 Å². The molecule has 170 valence electrons. The van der Waals surface area contributed by atoms with Crippen molar-refractivity contribution in [2.45, 2.75) is 72.9 Å². The Morgan fingerprint density at radius 1 is 1.26 bits per heavy atom. The van der Waals surface area contributed by atoms with Crippen molar-refractivity contribution in [3.8, 4) is 0 Å². The lowest BCUT2D eigenvalue weighted by Crippen LogP contribution is -2.47. The lowest BCUT2D eigenvalue weighted by atomic mass is 9.91. The molecule has 2 heterocycles. The fraction of sp³-hybridized carbons (Fsp3) is 0.542. The molecule has 2 unspecified atom stereocenters. The molecule has 1 N–H and O–H groups in total. The number of rotatable bonds is 6. The molecule has 0 spiro atoms. The Bertz CT molecular complexity index is 894. The van der Waals surface area contributed by atoms with E-state index in [1.165, 1.54) is 0 Å². The van der Waals surface area contributed by atoms with Crippen LogP contribution in [0.2, 0.25) is 5.02 Å². The van der Waals surface area contributed by atoms with Gasteiger partial charge in [0.15, 0.2) is 0 Å². The lowest BCUT2D eigenvalue weighted by molar-refractivity contribution is -0.140. The topological polar surface area (TPSA) is 75.4 Å². The number of hydrogen-bond donors (Lipinski definition) is 1. The Balaban J connectivity index is 0.00000166. The Kier molecular flexibility index (Phi) is 9.11. The number of likely N-dealkylation sites (tertiary alicyclic amines) is 1. The van der Waals surface area contributed by atoms with Crippen molar-refractivity contribution in [3.05, 3.63) is 51.9 Å².